The molecule has 9 heteroatoms. The number of pyridine rings is 1. The van der Waals surface area contributed by atoms with Gasteiger partial charge in [-0.3, -0.25) is 15.1 Å². The minimum atomic E-state index is -0.330. The summed E-state index contributed by atoms with van der Waals surface area (Å²) < 4.78 is 11.1. The maximum atomic E-state index is 12.9. The molecule has 0 bridgehead atoms. The molecular formula is C22H17ClN4O3S. The molecule has 2 aromatic heterocycles. The molecule has 2 aromatic carbocycles. The Bertz CT molecular complexity index is 1200. The number of anilines is 1. The largest absolute Gasteiger partial charge is 0.496 e. The number of methoxy groups -OCH3 is 1. The molecule has 0 aliphatic heterocycles. The summed E-state index contributed by atoms with van der Waals surface area (Å²) in [6, 6.07) is 16.4. The van der Waals surface area contributed by atoms with Crippen LogP contribution >= 0.6 is 22.9 Å². The molecule has 0 aliphatic rings. The van der Waals surface area contributed by atoms with Crippen molar-refractivity contribution in [3.8, 4) is 22.1 Å². The number of rotatable bonds is 7. The molecule has 0 fully saturated rings. The highest BCUT2D eigenvalue weighted by Gasteiger charge is 2.17. The predicted molar refractivity (Wildman–Crippen MR) is 120 cm³/mol. The van der Waals surface area contributed by atoms with E-state index in [9.17, 15) is 4.79 Å². The monoisotopic (exact) mass is 452 g/mol. The minimum Gasteiger partial charge on any atom is -0.496 e. The van der Waals surface area contributed by atoms with Crippen molar-refractivity contribution in [2.45, 2.75) is 6.61 Å². The van der Waals surface area contributed by atoms with Gasteiger partial charge in [-0.25, -0.2) is 0 Å². The molecule has 0 spiro atoms. The summed E-state index contributed by atoms with van der Waals surface area (Å²) >= 11 is 7.03. The fourth-order valence-corrected chi connectivity index (χ4v) is 3.60. The first-order chi connectivity index (χ1) is 15.1. The van der Waals surface area contributed by atoms with E-state index in [1.807, 2.05) is 36.4 Å². The first-order valence-corrected chi connectivity index (χ1v) is 10.4. The van der Waals surface area contributed by atoms with Gasteiger partial charge in [-0.1, -0.05) is 47.0 Å². The van der Waals surface area contributed by atoms with Crippen LogP contribution in [0.5, 0.6) is 10.9 Å². The van der Waals surface area contributed by atoms with E-state index in [0.29, 0.717) is 38.8 Å². The van der Waals surface area contributed by atoms with Gasteiger partial charge >= 0.3 is 0 Å². The lowest BCUT2D eigenvalue weighted by Crippen LogP contribution is -2.13. The van der Waals surface area contributed by atoms with Crippen LogP contribution in [0.1, 0.15) is 15.9 Å². The summed E-state index contributed by atoms with van der Waals surface area (Å²) in [7, 11) is 1.59. The number of ether oxygens (including phenoxy) is 2. The zero-order valence-corrected chi connectivity index (χ0v) is 18.0. The second-order valence-corrected chi connectivity index (χ2v) is 7.74. The average Bonchev–Trinajstić information content (AvgIpc) is 3.26. The fourth-order valence-electron chi connectivity index (χ4n) is 2.88. The lowest BCUT2D eigenvalue weighted by Gasteiger charge is -2.11. The van der Waals surface area contributed by atoms with E-state index in [1.54, 1.807) is 37.7 Å². The molecular weight excluding hydrogens is 436 g/mol. The zero-order valence-electron chi connectivity index (χ0n) is 16.4. The van der Waals surface area contributed by atoms with Crippen LogP contribution < -0.4 is 14.8 Å². The molecule has 0 unspecified atom stereocenters. The molecule has 1 amide bonds. The van der Waals surface area contributed by atoms with Gasteiger partial charge in [0, 0.05) is 28.5 Å². The van der Waals surface area contributed by atoms with Crippen molar-refractivity contribution < 1.29 is 14.3 Å². The van der Waals surface area contributed by atoms with Gasteiger partial charge in [-0.15, -0.1) is 5.10 Å². The number of halogens is 1. The first kappa shape index (κ1) is 20.8. The molecule has 2 heterocycles. The zero-order chi connectivity index (χ0) is 21.6. The lowest BCUT2D eigenvalue weighted by molar-refractivity contribution is 0.102. The van der Waals surface area contributed by atoms with Crippen LogP contribution in [0.4, 0.5) is 5.13 Å². The molecule has 0 radical (unpaired) electrons. The third-order valence-corrected chi connectivity index (χ3v) is 5.37. The van der Waals surface area contributed by atoms with E-state index in [2.05, 4.69) is 20.5 Å². The van der Waals surface area contributed by atoms with Gasteiger partial charge in [-0.2, -0.15) is 0 Å². The number of aromatic nitrogens is 3. The van der Waals surface area contributed by atoms with E-state index < -0.39 is 0 Å². The van der Waals surface area contributed by atoms with Gasteiger partial charge < -0.3 is 9.47 Å². The highest BCUT2D eigenvalue weighted by Crippen LogP contribution is 2.32. The van der Waals surface area contributed by atoms with E-state index >= 15 is 0 Å². The number of hydrogen-bond donors (Lipinski definition) is 1. The molecule has 7 nitrogen and oxygen atoms in total. The van der Waals surface area contributed by atoms with Crippen molar-refractivity contribution in [1.29, 1.82) is 0 Å². The van der Waals surface area contributed by atoms with Crippen LogP contribution in [0.15, 0.2) is 67.0 Å². The Kier molecular flexibility index (Phi) is 6.40. The van der Waals surface area contributed by atoms with Crippen LogP contribution in [0, 0.1) is 0 Å². The Morgan fingerprint density at radius 2 is 1.87 bits per heavy atom. The number of carbonyl (C=O) groups is 1. The van der Waals surface area contributed by atoms with Crippen molar-refractivity contribution in [2.24, 2.45) is 0 Å². The van der Waals surface area contributed by atoms with Crippen molar-refractivity contribution in [3.63, 3.8) is 0 Å². The van der Waals surface area contributed by atoms with Gasteiger partial charge in [0.15, 0.2) is 0 Å². The Hall–Kier alpha value is -3.49. The molecule has 4 aromatic rings. The van der Waals surface area contributed by atoms with Gasteiger partial charge in [0.25, 0.3) is 11.1 Å². The summed E-state index contributed by atoms with van der Waals surface area (Å²) in [6.07, 6.45) is 3.20. The average molecular weight is 453 g/mol. The van der Waals surface area contributed by atoms with Crippen molar-refractivity contribution >= 4 is 34.0 Å². The number of hydrogen-bond acceptors (Lipinski definition) is 7. The SMILES string of the molecule is COc1ccccc1-c1cnccc1C(=O)Nc1nnc(OCc2ccc(Cl)cc2)s1. The number of carbonyl (C=O) groups excluding carboxylic acids is 1. The molecule has 0 atom stereocenters. The minimum absolute atomic E-state index is 0.321. The van der Waals surface area contributed by atoms with Gasteiger partial charge in [0.05, 0.1) is 12.7 Å². The molecule has 31 heavy (non-hydrogen) atoms. The van der Waals surface area contributed by atoms with Crippen LogP contribution in [0.25, 0.3) is 11.1 Å². The number of amides is 1. The number of benzene rings is 2. The fraction of sp³-hybridized carbons (Fsp3) is 0.0909. The third kappa shape index (κ3) is 4.99. The van der Waals surface area contributed by atoms with Gasteiger partial charge in [-0.05, 0) is 41.2 Å². The van der Waals surface area contributed by atoms with Gasteiger partial charge in [0.1, 0.15) is 12.4 Å². The van der Waals surface area contributed by atoms with Crippen LogP contribution in [0.3, 0.4) is 0 Å². The van der Waals surface area contributed by atoms with E-state index in [1.165, 1.54) is 0 Å². The molecule has 0 saturated carbocycles. The number of nitrogens with one attached hydrogen (secondary N) is 1. The highest BCUT2D eigenvalue weighted by atomic mass is 35.5. The topological polar surface area (TPSA) is 86.2 Å². The molecule has 156 valence electrons. The summed E-state index contributed by atoms with van der Waals surface area (Å²) in [6.45, 7) is 0.321. The highest BCUT2D eigenvalue weighted by molar-refractivity contribution is 7.17. The quantitative estimate of drug-likeness (QED) is 0.420. The Morgan fingerprint density at radius 3 is 2.68 bits per heavy atom. The van der Waals surface area contributed by atoms with Crippen molar-refractivity contribution in [1.82, 2.24) is 15.2 Å². The summed E-state index contributed by atoms with van der Waals surface area (Å²) in [5, 5.41) is 12.1. The number of para-hydroxylation sites is 1. The Labute approximate surface area is 187 Å². The van der Waals surface area contributed by atoms with Crippen molar-refractivity contribution in [3.05, 3.63) is 83.1 Å². The molecule has 0 saturated heterocycles. The Morgan fingerprint density at radius 1 is 1.06 bits per heavy atom. The third-order valence-electron chi connectivity index (χ3n) is 4.37. The summed E-state index contributed by atoms with van der Waals surface area (Å²) in [5.41, 5.74) is 2.82. The predicted octanol–water partition coefficient (Wildman–Crippen LogP) is 5.09. The maximum Gasteiger partial charge on any atom is 0.296 e. The van der Waals surface area contributed by atoms with E-state index in [0.717, 1.165) is 22.5 Å². The Balaban J connectivity index is 1.48. The van der Waals surface area contributed by atoms with Crippen LogP contribution in [-0.2, 0) is 6.61 Å². The number of nitrogens with zero attached hydrogens (tertiary/aromatic N) is 3. The second kappa shape index (κ2) is 9.55. The molecule has 0 aliphatic carbocycles. The summed E-state index contributed by atoms with van der Waals surface area (Å²) in [5.74, 6) is 0.321. The van der Waals surface area contributed by atoms with Gasteiger partial charge in [0.2, 0.25) is 5.13 Å². The normalized spacial score (nSPS) is 10.5. The second-order valence-electron chi connectivity index (χ2n) is 6.36. The molecule has 1 N–H and O–H groups in total. The molecule has 4 rings (SSSR count). The lowest BCUT2D eigenvalue weighted by atomic mass is 10.0. The van der Waals surface area contributed by atoms with Crippen molar-refractivity contribution in [2.75, 3.05) is 12.4 Å². The summed E-state index contributed by atoms with van der Waals surface area (Å²) in [4.78, 5) is 17.1. The smallest absolute Gasteiger partial charge is 0.296 e. The first-order valence-electron chi connectivity index (χ1n) is 9.23. The van der Waals surface area contributed by atoms with Crippen LogP contribution in [0.2, 0.25) is 5.02 Å². The standard InChI is InChI=1S/C22H17ClN4O3S/c1-29-19-5-3-2-4-16(19)18-12-24-11-10-17(18)20(28)25-21-26-27-22(31-21)30-13-14-6-8-15(23)9-7-14/h2-12H,13H2,1H3,(H,25,26,28). The van der Waals surface area contributed by atoms with Crippen LogP contribution in [-0.4, -0.2) is 28.2 Å². The maximum absolute atomic E-state index is 12.9. The van der Waals surface area contributed by atoms with E-state index in [-0.39, 0.29) is 5.91 Å². The van der Waals surface area contributed by atoms with E-state index in [4.69, 9.17) is 21.1 Å².